The second-order valence-corrected chi connectivity index (χ2v) is 10.9. The first kappa shape index (κ1) is 28.4. The molecule has 0 aromatic heterocycles. The Morgan fingerprint density at radius 2 is 1.70 bits per heavy atom. The Hall–Kier alpha value is -3.21. The lowest BCUT2D eigenvalue weighted by molar-refractivity contribution is 0.0949. The van der Waals surface area contributed by atoms with Crippen molar-refractivity contribution in [2.24, 2.45) is 4.99 Å². The van der Waals surface area contributed by atoms with Gasteiger partial charge in [-0.25, -0.2) is 0 Å². The van der Waals surface area contributed by atoms with Crippen LogP contribution in [0, 0.1) is 0 Å². The number of phenols is 1. The minimum absolute atomic E-state index is 0.0143. The summed E-state index contributed by atoms with van der Waals surface area (Å²) in [6, 6.07) is 15.3. The van der Waals surface area contributed by atoms with E-state index < -0.39 is 0 Å². The van der Waals surface area contributed by atoms with Gasteiger partial charge in [0.25, 0.3) is 5.91 Å². The molecular weight excluding hydrogens is 480 g/mol. The molecule has 0 spiro atoms. The molecule has 2 N–H and O–H groups in total. The van der Waals surface area contributed by atoms with E-state index in [-0.39, 0.29) is 28.1 Å². The van der Waals surface area contributed by atoms with Gasteiger partial charge < -0.3 is 15.2 Å². The van der Waals surface area contributed by atoms with Crippen molar-refractivity contribution in [1.82, 2.24) is 5.32 Å². The molecule has 6 heteroatoms. The molecule has 0 unspecified atom stereocenters. The first-order valence-corrected chi connectivity index (χ1v) is 13.3. The number of carbonyl (C=O) groups is 1. The summed E-state index contributed by atoms with van der Waals surface area (Å²) in [6.07, 6.45) is 2.68. The van der Waals surface area contributed by atoms with Crippen LogP contribution in [-0.4, -0.2) is 29.3 Å². The lowest BCUT2D eigenvalue weighted by Crippen LogP contribution is -2.26. The summed E-state index contributed by atoms with van der Waals surface area (Å²) in [5, 5.41) is 17.2. The summed E-state index contributed by atoms with van der Waals surface area (Å²) in [4.78, 5) is 17.0. The van der Waals surface area contributed by atoms with Crippen molar-refractivity contribution in [1.29, 1.82) is 0 Å². The van der Waals surface area contributed by atoms with Gasteiger partial charge in [-0.05, 0) is 60.0 Å². The van der Waals surface area contributed by atoms with Gasteiger partial charge in [0, 0.05) is 22.9 Å². The molecular formula is C31H38N2O3S. The van der Waals surface area contributed by atoms with Crippen LogP contribution in [0.15, 0.2) is 53.5 Å². The maximum Gasteiger partial charge on any atom is 0.255 e. The average molecular weight is 519 g/mol. The number of nitrogens with one attached hydrogen (secondary N) is 1. The fourth-order valence-electron chi connectivity index (χ4n) is 4.21. The van der Waals surface area contributed by atoms with Crippen LogP contribution in [0.3, 0.4) is 0 Å². The summed E-state index contributed by atoms with van der Waals surface area (Å²) < 4.78 is 6.21. The van der Waals surface area contributed by atoms with E-state index in [1.807, 2.05) is 12.1 Å². The highest BCUT2D eigenvalue weighted by Crippen LogP contribution is 2.39. The number of aromatic hydroxyl groups is 1. The van der Waals surface area contributed by atoms with Crippen molar-refractivity contribution < 1.29 is 14.6 Å². The molecule has 0 heterocycles. The van der Waals surface area contributed by atoms with E-state index in [9.17, 15) is 9.90 Å². The number of hydrogen-bond donors (Lipinski definition) is 2. The van der Waals surface area contributed by atoms with E-state index in [4.69, 9.17) is 17.0 Å². The summed E-state index contributed by atoms with van der Waals surface area (Å²) in [5.74, 6) is 0.445. The molecule has 3 aromatic rings. The Labute approximate surface area is 226 Å². The van der Waals surface area contributed by atoms with Crippen molar-refractivity contribution in [3.63, 3.8) is 0 Å². The van der Waals surface area contributed by atoms with Crippen LogP contribution in [0.2, 0.25) is 0 Å². The number of thiocarbonyl (C=S) groups is 1. The van der Waals surface area contributed by atoms with E-state index in [0.717, 1.165) is 18.6 Å². The van der Waals surface area contributed by atoms with Gasteiger partial charge in [-0.1, -0.05) is 77.9 Å². The SMILES string of the molecule is CCC(C)(C)c1ccc(OCCCNC(=O)c2cc(N=C=S)c3ccccc3c2O)c(C(C)(C)CC)c1. The maximum atomic E-state index is 12.9. The molecule has 0 bridgehead atoms. The monoisotopic (exact) mass is 518 g/mol. The molecule has 0 atom stereocenters. The van der Waals surface area contributed by atoms with Gasteiger partial charge in [-0.15, -0.1) is 0 Å². The predicted molar refractivity (Wildman–Crippen MR) is 156 cm³/mol. The highest BCUT2D eigenvalue weighted by molar-refractivity contribution is 7.78. The number of benzene rings is 3. The van der Waals surface area contributed by atoms with E-state index >= 15 is 0 Å². The molecule has 3 aromatic carbocycles. The Morgan fingerprint density at radius 1 is 1.03 bits per heavy atom. The van der Waals surface area contributed by atoms with Crippen molar-refractivity contribution in [2.45, 2.75) is 71.6 Å². The molecule has 0 aliphatic heterocycles. The van der Waals surface area contributed by atoms with E-state index in [1.165, 1.54) is 11.1 Å². The molecule has 0 saturated heterocycles. The zero-order valence-corrected chi connectivity index (χ0v) is 23.6. The molecule has 5 nitrogen and oxygen atoms in total. The van der Waals surface area contributed by atoms with E-state index in [2.05, 4.69) is 75.2 Å². The van der Waals surface area contributed by atoms with Gasteiger partial charge >= 0.3 is 0 Å². The number of carbonyl (C=O) groups excluding carboxylic acids is 1. The summed E-state index contributed by atoms with van der Waals surface area (Å²) in [5.41, 5.74) is 3.27. The number of hydrogen-bond acceptors (Lipinski definition) is 5. The molecule has 0 fully saturated rings. The summed E-state index contributed by atoms with van der Waals surface area (Å²) in [7, 11) is 0. The molecule has 0 saturated carbocycles. The van der Waals surface area contributed by atoms with Crippen LogP contribution in [0.25, 0.3) is 10.8 Å². The summed E-state index contributed by atoms with van der Waals surface area (Å²) in [6.45, 7) is 14.3. The quantitative estimate of drug-likeness (QED) is 0.154. The third-order valence-corrected chi connectivity index (χ3v) is 7.62. The standard InChI is InChI=1S/C31H38N2O3S/c1-7-30(3,4)21-14-15-27(25(18-21)31(5,6)8-2)36-17-11-16-32-29(35)24-19-26(33-20-37)22-12-9-10-13-23(22)28(24)34/h9-10,12-15,18-19,34H,7-8,11,16-17H2,1-6H3,(H,32,35). The van der Waals surface area contributed by atoms with Crippen LogP contribution in [0.4, 0.5) is 5.69 Å². The number of nitrogens with zero attached hydrogens (tertiary/aromatic N) is 1. The van der Waals surface area contributed by atoms with Crippen LogP contribution in [0.1, 0.15) is 82.3 Å². The second kappa shape index (κ2) is 11.9. The van der Waals surface area contributed by atoms with Crippen LogP contribution in [-0.2, 0) is 10.8 Å². The molecule has 196 valence electrons. The zero-order chi connectivity index (χ0) is 27.2. The number of isothiocyanates is 1. The van der Waals surface area contributed by atoms with E-state index in [1.54, 1.807) is 18.2 Å². The minimum Gasteiger partial charge on any atom is -0.506 e. The lowest BCUT2D eigenvalue weighted by Gasteiger charge is -2.30. The van der Waals surface area contributed by atoms with Gasteiger partial charge in [0.2, 0.25) is 0 Å². The molecule has 0 radical (unpaired) electrons. The first-order chi connectivity index (χ1) is 17.6. The maximum absolute atomic E-state index is 12.9. The third kappa shape index (κ3) is 6.38. The van der Waals surface area contributed by atoms with Gasteiger partial charge in [0.05, 0.1) is 23.0 Å². The molecule has 0 aliphatic rings. The fourth-order valence-corrected chi connectivity index (χ4v) is 4.31. The van der Waals surface area contributed by atoms with Gasteiger partial charge in [0.1, 0.15) is 11.5 Å². The van der Waals surface area contributed by atoms with Crippen LogP contribution in [0.5, 0.6) is 11.5 Å². The second-order valence-electron chi connectivity index (χ2n) is 10.7. The molecule has 1 amide bonds. The van der Waals surface area contributed by atoms with Gasteiger partial charge in [-0.3, -0.25) is 4.79 Å². The molecule has 0 aliphatic carbocycles. The molecule has 3 rings (SSSR count). The Balaban J connectivity index is 1.69. The van der Waals surface area contributed by atoms with Crippen LogP contribution >= 0.6 is 12.2 Å². The van der Waals surface area contributed by atoms with Gasteiger partial charge in [0.15, 0.2) is 0 Å². The van der Waals surface area contributed by atoms with Crippen molar-refractivity contribution >= 4 is 39.7 Å². The van der Waals surface area contributed by atoms with E-state index in [0.29, 0.717) is 36.0 Å². The van der Waals surface area contributed by atoms with Crippen molar-refractivity contribution in [3.8, 4) is 11.5 Å². The number of amides is 1. The number of ether oxygens (including phenoxy) is 1. The predicted octanol–water partition coefficient (Wildman–Crippen LogP) is 7.85. The molecule has 37 heavy (non-hydrogen) atoms. The first-order valence-electron chi connectivity index (χ1n) is 12.9. The largest absolute Gasteiger partial charge is 0.506 e. The third-order valence-electron chi connectivity index (χ3n) is 7.53. The summed E-state index contributed by atoms with van der Waals surface area (Å²) >= 11 is 4.76. The zero-order valence-electron chi connectivity index (χ0n) is 22.8. The Bertz CT molecular complexity index is 1320. The average Bonchev–Trinajstić information content (AvgIpc) is 2.90. The lowest BCUT2D eigenvalue weighted by atomic mass is 9.76. The number of fused-ring (bicyclic) bond motifs is 1. The minimum atomic E-state index is -0.372. The smallest absolute Gasteiger partial charge is 0.255 e. The Kier molecular flexibility index (Phi) is 9.12. The normalized spacial score (nSPS) is 11.7. The highest BCUT2D eigenvalue weighted by Gasteiger charge is 2.26. The fraction of sp³-hybridized carbons (Fsp3) is 0.419. The van der Waals surface area contributed by atoms with Crippen molar-refractivity contribution in [2.75, 3.05) is 13.2 Å². The highest BCUT2D eigenvalue weighted by atomic mass is 32.1. The Morgan fingerprint density at radius 3 is 2.35 bits per heavy atom. The number of phenolic OH excluding ortho intramolecular Hbond substituents is 1. The van der Waals surface area contributed by atoms with Gasteiger partial charge in [-0.2, -0.15) is 4.99 Å². The number of aliphatic imine (C=N–C) groups is 1. The number of rotatable bonds is 11. The topological polar surface area (TPSA) is 70.9 Å². The van der Waals surface area contributed by atoms with Crippen molar-refractivity contribution in [3.05, 3.63) is 65.2 Å². The van der Waals surface area contributed by atoms with Crippen LogP contribution < -0.4 is 10.1 Å².